The number of rotatable bonds is 5. The van der Waals surface area contributed by atoms with Crippen molar-refractivity contribution in [3.8, 4) is 5.75 Å². The lowest BCUT2D eigenvalue weighted by Crippen LogP contribution is -2.47. The number of hydrogen-bond donors (Lipinski definition) is 0. The number of ether oxygens (including phenoxy) is 2. The summed E-state index contributed by atoms with van der Waals surface area (Å²) in [5, 5.41) is 0.287. The third-order valence-electron chi connectivity index (χ3n) is 3.96. The summed E-state index contributed by atoms with van der Waals surface area (Å²) in [5.41, 5.74) is 0.732. The molecule has 0 radical (unpaired) electrons. The van der Waals surface area contributed by atoms with Crippen LogP contribution in [0.15, 0.2) is 47.1 Å². The van der Waals surface area contributed by atoms with Crippen LogP contribution in [0.3, 0.4) is 0 Å². The summed E-state index contributed by atoms with van der Waals surface area (Å²) < 4.78 is 24.9. The number of morpholine rings is 1. The zero-order valence-electron chi connectivity index (χ0n) is 14.3. The van der Waals surface area contributed by atoms with Crippen molar-refractivity contribution in [2.24, 2.45) is 0 Å². The number of carbonyl (C=O) groups is 1. The van der Waals surface area contributed by atoms with Crippen LogP contribution in [0.5, 0.6) is 5.75 Å². The van der Waals surface area contributed by atoms with Crippen LogP contribution in [0, 0.1) is 5.82 Å². The number of hydrogen-bond acceptors (Lipinski definition) is 4. The molecule has 27 heavy (non-hydrogen) atoms. The average Bonchev–Trinajstić information content (AvgIpc) is 2.68. The van der Waals surface area contributed by atoms with Crippen LogP contribution in [0.25, 0.3) is 6.08 Å². The molecule has 0 aliphatic carbocycles. The quantitative estimate of drug-likeness (QED) is 0.506. The van der Waals surface area contributed by atoms with Gasteiger partial charge in [-0.25, -0.2) is 9.37 Å². The van der Waals surface area contributed by atoms with E-state index in [9.17, 15) is 9.18 Å². The minimum atomic E-state index is -0.344. The Bertz CT molecular complexity index is 849. The number of aromatic nitrogens is 1. The van der Waals surface area contributed by atoms with Gasteiger partial charge in [-0.15, -0.1) is 0 Å². The normalized spacial score (nSPS) is 17.3. The van der Waals surface area contributed by atoms with Crippen molar-refractivity contribution in [3.63, 3.8) is 0 Å². The molecule has 1 amide bonds. The van der Waals surface area contributed by atoms with E-state index in [1.165, 1.54) is 12.1 Å². The van der Waals surface area contributed by atoms with E-state index in [4.69, 9.17) is 21.1 Å². The van der Waals surface area contributed by atoms with E-state index < -0.39 is 0 Å². The monoisotopic (exact) mass is 454 g/mol. The van der Waals surface area contributed by atoms with Gasteiger partial charge in [0, 0.05) is 18.8 Å². The molecule has 142 valence electrons. The van der Waals surface area contributed by atoms with Gasteiger partial charge in [0.05, 0.1) is 17.6 Å². The SMILES string of the molecule is O=C(C=Cc1ccc(F)c(Br)c1)N1CCOC(COc2cccnc2Cl)C1. The van der Waals surface area contributed by atoms with Crippen LogP contribution in [-0.2, 0) is 9.53 Å². The lowest BCUT2D eigenvalue weighted by Gasteiger charge is -2.32. The number of halogens is 3. The van der Waals surface area contributed by atoms with Gasteiger partial charge in [0.1, 0.15) is 18.5 Å². The number of amides is 1. The lowest BCUT2D eigenvalue weighted by molar-refractivity contribution is -0.134. The molecule has 2 heterocycles. The Balaban J connectivity index is 1.55. The van der Waals surface area contributed by atoms with Crippen LogP contribution in [0.1, 0.15) is 5.56 Å². The second-order valence-electron chi connectivity index (χ2n) is 5.89. The Kier molecular flexibility index (Phi) is 6.82. The Labute approximate surface area is 169 Å². The first kappa shape index (κ1) is 19.8. The molecule has 0 spiro atoms. The summed E-state index contributed by atoms with van der Waals surface area (Å²) in [6, 6.07) is 8.03. The van der Waals surface area contributed by atoms with Gasteiger partial charge >= 0.3 is 0 Å². The maximum atomic E-state index is 13.3. The number of carbonyl (C=O) groups excluding carboxylic acids is 1. The van der Waals surface area contributed by atoms with Crippen molar-refractivity contribution >= 4 is 39.5 Å². The molecular formula is C19H17BrClFN2O3. The average molecular weight is 456 g/mol. The van der Waals surface area contributed by atoms with E-state index in [0.29, 0.717) is 29.9 Å². The highest BCUT2D eigenvalue weighted by atomic mass is 79.9. The van der Waals surface area contributed by atoms with Crippen LogP contribution < -0.4 is 4.74 Å². The molecule has 0 saturated carbocycles. The third kappa shape index (κ3) is 5.51. The molecule has 3 rings (SSSR count). The van der Waals surface area contributed by atoms with Gasteiger partial charge in [-0.1, -0.05) is 17.7 Å². The van der Waals surface area contributed by atoms with Gasteiger partial charge in [0.25, 0.3) is 0 Å². The summed E-state index contributed by atoms with van der Waals surface area (Å²) >= 11 is 9.09. The summed E-state index contributed by atoms with van der Waals surface area (Å²) in [5.74, 6) is -0.000580. The Hall–Kier alpha value is -1.96. The maximum Gasteiger partial charge on any atom is 0.246 e. The van der Waals surface area contributed by atoms with Crippen molar-refractivity contribution in [3.05, 3.63) is 63.6 Å². The Morgan fingerprint density at radius 3 is 3.11 bits per heavy atom. The van der Waals surface area contributed by atoms with Crippen LogP contribution in [0.2, 0.25) is 5.15 Å². The van der Waals surface area contributed by atoms with E-state index in [-0.39, 0.29) is 29.6 Å². The molecule has 1 aromatic heterocycles. The molecule has 5 nitrogen and oxygen atoms in total. The van der Waals surface area contributed by atoms with Gasteiger partial charge in [-0.2, -0.15) is 0 Å². The first-order chi connectivity index (χ1) is 13.0. The Morgan fingerprint density at radius 2 is 2.33 bits per heavy atom. The van der Waals surface area contributed by atoms with E-state index in [1.54, 1.807) is 41.4 Å². The van der Waals surface area contributed by atoms with Gasteiger partial charge in [0.15, 0.2) is 10.9 Å². The lowest BCUT2D eigenvalue weighted by atomic mass is 10.2. The number of benzene rings is 1. The molecule has 1 saturated heterocycles. The zero-order valence-corrected chi connectivity index (χ0v) is 16.6. The van der Waals surface area contributed by atoms with Crippen LogP contribution in [0.4, 0.5) is 4.39 Å². The van der Waals surface area contributed by atoms with E-state index in [0.717, 1.165) is 5.56 Å². The third-order valence-corrected chi connectivity index (χ3v) is 4.85. The molecule has 1 fully saturated rings. The predicted octanol–water partition coefficient (Wildman–Crippen LogP) is 3.96. The van der Waals surface area contributed by atoms with Crippen molar-refractivity contribution < 1.29 is 18.7 Å². The highest BCUT2D eigenvalue weighted by molar-refractivity contribution is 9.10. The smallest absolute Gasteiger partial charge is 0.246 e. The fraction of sp³-hybridized carbons (Fsp3) is 0.263. The van der Waals surface area contributed by atoms with Crippen molar-refractivity contribution in [1.82, 2.24) is 9.88 Å². The summed E-state index contributed by atoms with van der Waals surface area (Å²) in [6.45, 7) is 1.61. The standard InChI is InChI=1S/C19H17BrClFN2O3/c20-15-10-13(3-5-16(15)22)4-6-18(25)24-8-9-26-14(11-24)12-27-17-2-1-7-23-19(17)21/h1-7,10,14H,8-9,11-12H2. The molecule has 0 bridgehead atoms. The molecular weight excluding hydrogens is 439 g/mol. The topological polar surface area (TPSA) is 51.7 Å². The largest absolute Gasteiger partial charge is 0.488 e. The zero-order chi connectivity index (χ0) is 19.2. The van der Waals surface area contributed by atoms with Crippen molar-refractivity contribution in [2.45, 2.75) is 6.10 Å². The summed E-state index contributed by atoms with van der Waals surface area (Å²) in [6.07, 6.45) is 4.45. The van der Waals surface area contributed by atoms with Gasteiger partial charge in [-0.3, -0.25) is 4.79 Å². The molecule has 1 atom stereocenters. The second-order valence-corrected chi connectivity index (χ2v) is 7.10. The fourth-order valence-electron chi connectivity index (χ4n) is 2.57. The molecule has 1 aliphatic rings. The second kappa shape index (κ2) is 9.30. The predicted molar refractivity (Wildman–Crippen MR) is 104 cm³/mol. The first-order valence-corrected chi connectivity index (χ1v) is 9.47. The van der Waals surface area contributed by atoms with Gasteiger partial charge in [-0.05, 0) is 51.8 Å². The Morgan fingerprint density at radius 1 is 1.48 bits per heavy atom. The summed E-state index contributed by atoms with van der Waals surface area (Å²) in [4.78, 5) is 18.1. The maximum absolute atomic E-state index is 13.3. The van der Waals surface area contributed by atoms with E-state index in [1.807, 2.05) is 0 Å². The fourth-order valence-corrected chi connectivity index (χ4v) is 3.14. The number of nitrogens with zero attached hydrogens (tertiary/aromatic N) is 2. The molecule has 0 N–H and O–H groups in total. The minimum absolute atomic E-state index is 0.136. The highest BCUT2D eigenvalue weighted by Gasteiger charge is 2.23. The molecule has 1 unspecified atom stereocenters. The summed E-state index contributed by atoms with van der Waals surface area (Å²) in [7, 11) is 0. The van der Waals surface area contributed by atoms with Crippen molar-refractivity contribution in [2.75, 3.05) is 26.3 Å². The molecule has 1 aromatic carbocycles. The molecule has 2 aromatic rings. The van der Waals surface area contributed by atoms with Crippen molar-refractivity contribution in [1.29, 1.82) is 0 Å². The van der Waals surface area contributed by atoms with E-state index >= 15 is 0 Å². The molecule has 1 aliphatic heterocycles. The molecule has 8 heteroatoms. The number of pyridine rings is 1. The first-order valence-electron chi connectivity index (χ1n) is 8.30. The minimum Gasteiger partial charge on any atom is -0.488 e. The van der Waals surface area contributed by atoms with Crippen LogP contribution in [-0.4, -0.2) is 48.2 Å². The van der Waals surface area contributed by atoms with Gasteiger partial charge < -0.3 is 14.4 Å². The van der Waals surface area contributed by atoms with E-state index in [2.05, 4.69) is 20.9 Å². The highest BCUT2D eigenvalue weighted by Crippen LogP contribution is 2.21. The van der Waals surface area contributed by atoms with Gasteiger partial charge in [0.2, 0.25) is 5.91 Å². The van der Waals surface area contributed by atoms with Crippen LogP contribution >= 0.6 is 27.5 Å².